The largest absolute Gasteiger partial charge is 0.379 e. The minimum Gasteiger partial charge on any atom is -0.379 e. The fourth-order valence-corrected chi connectivity index (χ4v) is 6.59. The number of hydrogen-bond acceptors (Lipinski definition) is 5. The fraction of sp³-hybridized carbons (Fsp3) is 0.600. The molecule has 0 radical (unpaired) electrons. The molecule has 1 saturated carbocycles. The van der Waals surface area contributed by atoms with Crippen molar-refractivity contribution < 1.29 is 9.53 Å². The second-order valence-electron chi connectivity index (χ2n) is 11.1. The van der Waals surface area contributed by atoms with Crippen LogP contribution in [0.5, 0.6) is 0 Å². The fourth-order valence-electron chi connectivity index (χ4n) is 6.59. The summed E-state index contributed by atoms with van der Waals surface area (Å²) in [7, 11) is 0. The molecule has 1 atom stereocenters. The number of pyridine rings is 1. The summed E-state index contributed by atoms with van der Waals surface area (Å²) in [6, 6.07) is 14.4. The van der Waals surface area contributed by atoms with Crippen molar-refractivity contribution >= 4 is 5.91 Å². The first kappa shape index (κ1) is 26.1. The molecule has 1 amide bonds. The summed E-state index contributed by atoms with van der Waals surface area (Å²) >= 11 is 0. The van der Waals surface area contributed by atoms with Gasteiger partial charge in [0.05, 0.1) is 13.2 Å². The quantitative estimate of drug-likeness (QED) is 0.596. The average molecular weight is 507 g/mol. The van der Waals surface area contributed by atoms with Crippen LogP contribution in [0.4, 0.5) is 0 Å². The Morgan fingerprint density at radius 3 is 2.49 bits per heavy atom. The Hall–Kier alpha value is -2.48. The third-order valence-electron chi connectivity index (χ3n) is 8.74. The molecule has 3 heterocycles. The van der Waals surface area contributed by atoms with Gasteiger partial charge in [-0.2, -0.15) is 0 Å². The molecule has 7 nitrogen and oxygen atoms in total. The van der Waals surface area contributed by atoms with Gasteiger partial charge >= 0.3 is 0 Å². The number of nitrogens with one attached hydrogen (secondary N) is 2. The number of likely N-dealkylation sites (tertiary alicyclic amines) is 1. The van der Waals surface area contributed by atoms with Crippen LogP contribution in [0, 0.1) is 0 Å². The predicted octanol–water partition coefficient (Wildman–Crippen LogP) is 3.91. The lowest BCUT2D eigenvalue weighted by Crippen LogP contribution is -2.59. The number of carbonyl (C=O) groups is 1. The van der Waals surface area contributed by atoms with Gasteiger partial charge in [0.1, 0.15) is 5.56 Å². The number of nitrogens with zero attached hydrogens (tertiary/aromatic N) is 2. The Morgan fingerprint density at radius 2 is 1.73 bits per heavy atom. The maximum absolute atomic E-state index is 13.1. The molecule has 2 aromatic rings. The number of aromatic amines is 1. The summed E-state index contributed by atoms with van der Waals surface area (Å²) < 4.78 is 5.57. The summed E-state index contributed by atoms with van der Waals surface area (Å²) in [5.74, 6) is 0.327. The van der Waals surface area contributed by atoms with Gasteiger partial charge in [0, 0.05) is 37.4 Å². The molecule has 37 heavy (non-hydrogen) atoms. The van der Waals surface area contributed by atoms with Gasteiger partial charge in [-0.05, 0) is 68.8 Å². The molecule has 7 heteroatoms. The third-order valence-corrected chi connectivity index (χ3v) is 8.74. The number of morpholine rings is 1. The minimum atomic E-state index is -0.295. The minimum absolute atomic E-state index is 0.0191. The van der Waals surface area contributed by atoms with E-state index < -0.39 is 0 Å². The lowest BCUT2D eigenvalue weighted by Gasteiger charge is -2.48. The normalized spacial score (nSPS) is 23.3. The lowest BCUT2D eigenvalue weighted by molar-refractivity contribution is -0.0361. The second-order valence-corrected chi connectivity index (χ2v) is 11.1. The van der Waals surface area contributed by atoms with E-state index in [-0.39, 0.29) is 22.6 Å². The standard InChI is InChI=1S/C30H42N4O3/c35-28(31-23-30(14-5-2-6-15-30)34-18-20-37-21-19-34)27-12-11-26(32-29(27)36)22-33-16-7-10-25(13-17-33)24-8-3-1-4-9-24/h1,3-4,8-9,11-12,25H,2,5-7,10,13-23H2,(H,31,35)(H,32,36). The topological polar surface area (TPSA) is 77.7 Å². The maximum Gasteiger partial charge on any atom is 0.261 e. The molecule has 200 valence electrons. The molecule has 1 aromatic heterocycles. The van der Waals surface area contributed by atoms with Crippen molar-refractivity contribution in [2.75, 3.05) is 45.9 Å². The second kappa shape index (κ2) is 12.4. The number of H-pyrrole nitrogens is 1. The molecule has 2 saturated heterocycles. The predicted molar refractivity (Wildman–Crippen MR) is 146 cm³/mol. The van der Waals surface area contributed by atoms with Crippen molar-refractivity contribution in [3.05, 3.63) is 69.6 Å². The zero-order chi connectivity index (χ0) is 25.5. The Kier molecular flexibility index (Phi) is 8.74. The summed E-state index contributed by atoms with van der Waals surface area (Å²) in [6.07, 6.45) is 9.27. The van der Waals surface area contributed by atoms with E-state index in [9.17, 15) is 9.59 Å². The molecule has 2 aliphatic heterocycles. The first-order valence-electron chi connectivity index (χ1n) is 14.2. The zero-order valence-electron chi connectivity index (χ0n) is 22.1. The van der Waals surface area contributed by atoms with E-state index in [0.29, 0.717) is 19.0 Å². The van der Waals surface area contributed by atoms with Gasteiger partial charge in [-0.3, -0.25) is 19.4 Å². The molecule has 2 N–H and O–H groups in total. The van der Waals surface area contributed by atoms with Crippen LogP contribution in [0.25, 0.3) is 0 Å². The van der Waals surface area contributed by atoms with E-state index in [2.05, 4.69) is 50.4 Å². The van der Waals surface area contributed by atoms with Crippen molar-refractivity contribution in [3.63, 3.8) is 0 Å². The summed E-state index contributed by atoms with van der Waals surface area (Å²) in [5, 5.41) is 3.13. The number of carbonyl (C=O) groups excluding carboxylic acids is 1. The van der Waals surface area contributed by atoms with E-state index in [1.165, 1.54) is 31.2 Å². The van der Waals surface area contributed by atoms with Crippen LogP contribution in [0.3, 0.4) is 0 Å². The molecule has 0 bridgehead atoms. The summed E-state index contributed by atoms with van der Waals surface area (Å²) in [4.78, 5) is 33.9. The lowest BCUT2D eigenvalue weighted by atomic mass is 9.79. The number of aromatic nitrogens is 1. The molecule has 1 unspecified atom stereocenters. The van der Waals surface area contributed by atoms with Gasteiger partial charge < -0.3 is 15.0 Å². The highest BCUT2D eigenvalue weighted by atomic mass is 16.5. The summed E-state index contributed by atoms with van der Waals surface area (Å²) in [6.45, 7) is 6.65. The van der Waals surface area contributed by atoms with Crippen LogP contribution in [0.1, 0.15) is 78.9 Å². The van der Waals surface area contributed by atoms with Crippen LogP contribution < -0.4 is 10.9 Å². The number of hydrogen-bond donors (Lipinski definition) is 2. The van der Waals surface area contributed by atoms with E-state index >= 15 is 0 Å². The number of ether oxygens (including phenoxy) is 1. The SMILES string of the molecule is O=C(NCC1(N2CCOCC2)CCCCC1)c1ccc(CN2CCCC(c3ccccc3)CC2)[nH]c1=O. The number of benzene rings is 1. The van der Waals surface area contributed by atoms with Crippen LogP contribution in [-0.2, 0) is 11.3 Å². The van der Waals surface area contributed by atoms with E-state index in [1.807, 2.05) is 6.07 Å². The van der Waals surface area contributed by atoms with Crippen molar-refractivity contribution in [1.29, 1.82) is 0 Å². The average Bonchev–Trinajstić information content (AvgIpc) is 3.19. The van der Waals surface area contributed by atoms with Gasteiger partial charge in [-0.15, -0.1) is 0 Å². The van der Waals surface area contributed by atoms with Gasteiger partial charge in [0.2, 0.25) is 0 Å². The van der Waals surface area contributed by atoms with Crippen molar-refractivity contribution in [1.82, 2.24) is 20.1 Å². The zero-order valence-corrected chi connectivity index (χ0v) is 22.1. The van der Waals surface area contributed by atoms with Crippen molar-refractivity contribution in [2.24, 2.45) is 0 Å². The van der Waals surface area contributed by atoms with Crippen LogP contribution >= 0.6 is 0 Å². The number of rotatable bonds is 7. The monoisotopic (exact) mass is 506 g/mol. The third kappa shape index (κ3) is 6.51. The van der Waals surface area contributed by atoms with Crippen LogP contribution in [0.2, 0.25) is 0 Å². The van der Waals surface area contributed by atoms with Gasteiger partial charge in [0.15, 0.2) is 0 Å². The van der Waals surface area contributed by atoms with Gasteiger partial charge in [-0.1, -0.05) is 49.6 Å². The first-order chi connectivity index (χ1) is 18.1. The number of amides is 1. The van der Waals surface area contributed by atoms with Crippen LogP contribution in [-0.4, -0.2) is 72.2 Å². The molecule has 3 aliphatic rings. The highest BCUT2D eigenvalue weighted by Gasteiger charge is 2.39. The molecule has 5 rings (SSSR count). The Morgan fingerprint density at radius 1 is 0.946 bits per heavy atom. The Labute approximate surface area is 220 Å². The molecular formula is C30H42N4O3. The van der Waals surface area contributed by atoms with Crippen molar-refractivity contribution in [3.8, 4) is 0 Å². The first-order valence-corrected chi connectivity index (χ1v) is 14.2. The van der Waals surface area contributed by atoms with Gasteiger partial charge in [-0.25, -0.2) is 0 Å². The molecule has 3 fully saturated rings. The highest BCUT2D eigenvalue weighted by molar-refractivity contribution is 5.93. The Balaban J connectivity index is 1.18. The molecule has 1 aromatic carbocycles. The Bertz CT molecular complexity index is 1070. The van der Waals surface area contributed by atoms with E-state index in [0.717, 1.165) is 70.8 Å². The highest BCUT2D eigenvalue weighted by Crippen LogP contribution is 2.34. The van der Waals surface area contributed by atoms with Gasteiger partial charge in [0.25, 0.3) is 11.5 Å². The van der Waals surface area contributed by atoms with Crippen molar-refractivity contribution in [2.45, 2.75) is 69.4 Å². The maximum atomic E-state index is 13.1. The molecule has 1 aliphatic carbocycles. The molecule has 0 spiro atoms. The summed E-state index contributed by atoms with van der Waals surface area (Å²) in [5.41, 5.74) is 2.19. The van der Waals surface area contributed by atoms with Crippen LogP contribution in [0.15, 0.2) is 47.3 Å². The smallest absolute Gasteiger partial charge is 0.261 e. The van der Waals surface area contributed by atoms with E-state index in [1.54, 1.807) is 6.07 Å². The van der Waals surface area contributed by atoms with E-state index in [4.69, 9.17) is 4.74 Å². The molecular weight excluding hydrogens is 464 g/mol.